The second kappa shape index (κ2) is 6.43. The minimum atomic E-state index is -4.51. The number of carbonyl (C=O) groups is 1. The molecule has 1 amide bonds. The lowest BCUT2D eigenvalue weighted by Crippen LogP contribution is -2.34. The Morgan fingerprint density at radius 2 is 2.00 bits per heavy atom. The van der Waals surface area contributed by atoms with Crippen molar-refractivity contribution in [3.8, 4) is 0 Å². The molecule has 2 aromatic rings. The number of carbonyl (C=O) groups excluding carboxylic acids is 1. The molecule has 0 aliphatic carbocycles. The van der Waals surface area contributed by atoms with E-state index < -0.39 is 24.5 Å². The summed E-state index contributed by atoms with van der Waals surface area (Å²) < 4.78 is 38.5. The van der Waals surface area contributed by atoms with Gasteiger partial charge in [0.2, 0.25) is 5.91 Å². The van der Waals surface area contributed by atoms with Gasteiger partial charge in [0.1, 0.15) is 6.42 Å². The highest BCUT2D eigenvalue weighted by Crippen LogP contribution is 2.21. The van der Waals surface area contributed by atoms with Crippen molar-refractivity contribution in [2.24, 2.45) is 0 Å². The average molecular weight is 297 g/mol. The molecule has 0 saturated carbocycles. The summed E-state index contributed by atoms with van der Waals surface area (Å²) in [5.74, 6) is -1.04. The Hall–Kier alpha value is -2.31. The van der Waals surface area contributed by atoms with Crippen LogP contribution in [0, 0.1) is 0 Å². The van der Waals surface area contributed by atoms with Crippen LogP contribution in [0.1, 0.15) is 18.0 Å². The fraction of sp³-hybridized carbons (Fsp3) is 0.286. The average Bonchev–Trinajstić information content (AvgIpc) is 2.90. The van der Waals surface area contributed by atoms with Gasteiger partial charge < -0.3 is 9.88 Å². The predicted octanol–water partition coefficient (Wildman–Crippen LogP) is 2.69. The number of hydrogen-bond acceptors (Lipinski definition) is 2. The van der Waals surface area contributed by atoms with Crippen molar-refractivity contribution < 1.29 is 18.0 Å². The lowest BCUT2D eigenvalue weighted by atomic mass is 10.1. The van der Waals surface area contributed by atoms with Gasteiger partial charge in [-0.2, -0.15) is 13.2 Å². The van der Waals surface area contributed by atoms with E-state index in [0.29, 0.717) is 6.54 Å². The van der Waals surface area contributed by atoms with Gasteiger partial charge in [-0.15, -0.1) is 0 Å². The number of aromatic nitrogens is 2. The SMILES string of the molecule is O=C(CC(F)(F)F)N[C@@H](Cn1ccnc1)c1ccccc1. The molecule has 1 N–H and O–H groups in total. The Labute approximate surface area is 119 Å². The summed E-state index contributed by atoms with van der Waals surface area (Å²) in [5, 5.41) is 2.42. The van der Waals surface area contributed by atoms with Crippen LogP contribution in [-0.2, 0) is 11.3 Å². The number of alkyl halides is 3. The molecular weight excluding hydrogens is 283 g/mol. The highest BCUT2D eigenvalue weighted by molar-refractivity contribution is 5.77. The summed E-state index contributed by atoms with van der Waals surface area (Å²) in [7, 11) is 0. The molecule has 0 aliphatic rings. The van der Waals surface area contributed by atoms with Gasteiger partial charge in [-0.1, -0.05) is 30.3 Å². The van der Waals surface area contributed by atoms with E-state index in [2.05, 4.69) is 10.3 Å². The number of nitrogens with one attached hydrogen (secondary N) is 1. The van der Waals surface area contributed by atoms with Crippen molar-refractivity contribution in [2.45, 2.75) is 25.2 Å². The highest BCUT2D eigenvalue weighted by Gasteiger charge is 2.32. The first-order valence-electron chi connectivity index (χ1n) is 6.31. The molecular formula is C14H14F3N3O. The Morgan fingerprint density at radius 3 is 2.57 bits per heavy atom. The molecule has 0 unspecified atom stereocenters. The van der Waals surface area contributed by atoms with Gasteiger partial charge in [0, 0.05) is 18.9 Å². The second-order valence-corrected chi connectivity index (χ2v) is 4.58. The van der Waals surface area contributed by atoms with Crippen LogP contribution in [0.25, 0.3) is 0 Å². The molecule has 112 valence electrons. The van der Waals surface area contributed by atoms with Crippen molar-refractivity contribution in [2.75, 3.05) is 0 Å². The van der Waals surface area contributed by atoms with E-state index in [1.165, 1.54) is 0 Å². The normalized spacial score (nSPS) is 12.9. The zero-order valence-electron chi connectivity index (χ0n) is 11.0. The first kappa shape index (κ1) is 15.1. The Balaban J connectivity index is 2.11. The summed E-state index contributed by atoms with van der Waals surface area (Å²) in [5.41, 5.74) is 0.738. The van der Waals surface area contributed by atoms with Crippen LogP contribution in [-0.4, -0.2) is 21.6 Å². The molecule has 2 rings (SSSR count). The Kier molecular flexibility index (Phi) is 4.62. The van der Waals surface area contributed by atoms with Crippen LogP contribution in [0.4, 0.5) is 13.2 Å². The fourth-order valence-corrected chi connectivity index (χ4v) is 1.95. The lowest BCUT2D eigenvalue weighted by molar-refractivity contribution is -0.154. The van der Waals surface area contributed by atoms with Crippen molar-refractivity contribution in [3.05, 3.63) is 54.6 Å². The standard InChI is InChI=1S/C14H14F3N3O/c15-14(16,17)8-13(21)19-12(9-20-7-6-18-10-20)11-4-2-1-3-5-11/h1-7,10,12H,8-9H2,(H,19,21)/t12-/m0/s1. The van der Waals surface area contributed by atoms with E-state index in [9.17, 15) is 18.0 Å². The number of halogens is 3. The van der Waals surface area contributed by atoms with Gasteiger partial charge in [0.25, 0.3) is 0 Å². The molecule has 1 aromatic heterocycles. The maximum Gasteiger partial charge on any atom is 0.397 e. The third-order valence-electron chi connectivity index (χ3n) is 2.85. The molecule has 1 heterocycles. The minimum absolute atomic E-state index is 0.313. The summed E-state index contributed by atoms with van der Waals surface area (Å²) in [6.07, 6.45) is -1.20. The van der Waals surface area contributed by atoms with Crippen LogP contribution < -0.4 is 5.32 Å². The Bertz CT molecular complexity index is 567. The van der Waals surface area contributed by atoms with Crippen molar-refractivity contribution in [3.63, 3.8) is 0 Å². The first-order chi connectivity index (χ1) is 9.94. The van der Waals surface area contributed by atoms with Crippen LogP contribution in [0.3, 0.4) is 0 Å². The van der Waals surface area contributed by atoms with Gasteiger partial charge >= 0.3 is 6.18 Å². The van der Waals surface area contributed by atoms with Crippen LogP contribution in [0.2, 0.25) is 0 Å². The Morgan fingerprint density at radius 1 is 1.29 bits per heavy atom. The number of imidazole rings is 1. The van der Waals surface area contributed by atoms with Crippen LogP contribution >= 0.6 is 0 Å². The van der Waals surface area contributed by atoms with Gasteiger partial charge in [-0.25, -0.2) is 4.98 Å². The maximum atomic E-state index is 12.3. The van der Waals surface area contributed by atoms with Crippen molar-refractivity contribution in [1.29, 1.82) is 0 Å². The lowest BCUT2D eigenvalue weighted by Gasteiger charge is -2.20. The quantitative estimate of drug-likeness (QED) is 0.922. The van der Waals surface area contributed by atoms with E-state index >= 15 is 0 Å². The number of nitrogens with zero attached hydrogens (tertiary/aromatic N) is 2. The zero-order chi connectivity index (χ0) is 15.3. The van der Waals surface area contributed by atoms with Gasteiger partial charge in [-0.05, 0) is 5.56 Å². The minimum Gasteiger partial charge on any atom is -0.347 e. The predicted molar refractivity (Wildman–Crippen MR) is 70.2 cm³/mol. The number of hydrogen-bond donors (Lipinski definition) is 1. The molecule has 1 atom stereocenters. The molecule has 0 fully saturated rings. The topological polar surface area (TPSA) is 46.9 Å². The third-order valence-corrected chi connectivity index (χ3v) is 2.85. The zero-order valence-corrected chi connectivity index (χ0v) is 11.0. The second-order valence-electron chi connectivity index (χ2n) is 4.58. The smallest absolute Gasteiger partial charge is 0.347 e. The van der Waals surface area contributed by atoms with Crippen LogP contribution in [0.15, 0.2) is 49.1 Å². The molecule has 21 heavy (non-hydrogen) atoms. The van der Waals surface area contributed by atoms with Gasteiger partial charge in [-0.3, -0.25) is 4.79 Å². The molecule has 7 heteroatoms. The number of rotatable bonds is 5. The maximum absolute atomic E-state index is 12.3. The molecule has 0 aliphatic heterocycles. The molecule has 1 aromatic carbocycles. The van der Waals surface area contributed by atoms with Gasteiger partial charge in [0.15, 0.2) is 0 Å². The summed E-state index contributed by atoms with van der Waals surface area (Å²) in [6, 6.07) is 8.31. The number of amides is 1. The van der Waals surface area contributed by atoms with E-state index in [-0.39, 0.29) is 0 Å². The number of benzene rings is 1. The van der Waals surface area contributed by atoms with Crippen molar-refractivity contribution in [1.82, 2.24) is 14.9 Å². The van der Waals surface area contributed by atoms with E-state index in [1.54, 1.807) is 53.6 Å². The first-order valence-corrected chi connectivity index (χ1v) is 6.31. The molecule has 0 saturated heterocycles. The summed E-state index contributed by atoms with van der Waals surface area (Å²) >= 11 is 0. The molecule has 0 radical (unpaired) electrons. The third kappa shape index (κ3) is 4.94. The van der Waals surface area contributed by atoms with Gasteiger partial charge in [0.05, 0.1) is 12.4 Å². The monoisotopic (exact) mass is 297 g/mol. The van der Waals surface area contributed by atoms with Crippen molar-refractivity contribution >= 4 is 5.91 Å². The highest BCUT2D eigenvalue weighted by atomic mass is 19.4. The largest absolute Gasteiger partial charge is 0.397 e. The molecule has 4 nitrogen and oxygen atoms in total. The van der Waals surface area contributed by atoms with Crippen LogP contribution in [0.5, 0.6) is 0 Å². The molecule has 0 bridgehead atoms. The molecule has 0 spiro atoms. The summed E-state index contributed by atoms with van der Waals surface area (Å²) in [6.45, 7) is 0.313. The fourth-order valence-electron chi connectivity index (χ4n) is 1.95. The van der Waals surface area contributed by atoms with E-state index in [4.69, 9.17) is 0 Å². The summed E-state index contributed by atoms with van der Waals surface area (Å²) in [4.78, 5) is 15.4. The van der Waals surface area contributed by atoms with E-state index in [0.717, 1.165) is 5.56 Å². The van der Waals surface area contributed by atoms with E-state index in [1.807, 2.05) is 0 Å².